The van der Waals surface area contributed by atoms with Crippen LogP contribution in [0.25, 0.3) is 0 Å². The second-order valence-corrected chi connectivity index (χ2v) is 2.68. The molecule has 1 heterocycles. The Morgan fingerprint density at radius 3 is 2.69 bits per heavy atom. The van der Waals surface area contributed by atoms with Crippen molar-refractivity contribution in [2.24, 2.45) is 5.73 Å². The average Bonchev–Trinajstić information content (AvgIpc) is 2.55. The van der Waals surface area contributed by atoms with Crippen LogP contribution >= 0.6 is 0 Å². The molecule has 0 aromatic carbocycles. The summed E-state index contributed by atoms with van der Waals surface area (Å²) in [6.45, 7) is 0. The maximum absolute atomic E-state index is 11.3. The quantitative estimate of drug-likeness (QED) is 0.719. The van der Waals surface area contributed by atoms with E-state index in [1.165, 1.54) is 17.1 Å². The Morgan fingerprint density at radius 1 is 1.38 bits per heavy atom. The maximum Gasteiger partial charge on any atom is 0.231 e. The fraction of sp³-hybridized carbons (Fsp3) is 0.375. The van der Waals surface area contributed by atoms with Crippen LogP contribution in [0.3, 0.4) is 0 Å². The van der Waals surface area contributed by atoms with Crippen molar-refractivity contribution in [3.8, 4) is 0 Å². The largest absolute Gasteiger partial charge is 0.370 e. The number of primary amides is 1. The molecule has 0 aliphatic rings. The molecule has 2 N–H and O–H groups in total. The minimum Gasteiger partial charge on any atom is -0.370 e. The Balaban J connectivity index is 2.31. The van der Waals surface area contributed by atoms with E-state index in [0.29, 0.717) is 12.8 Å². The summed E-state index contributed by atoms with van der Waals surface area (Å²) < 4.78 is 1.39. The van der Waals surface area contributed by atoms with Gasteiger partial charge >= 0.3 is 0 Å². The van der Waals surface area contributed by atoms with Crippen molar-refractivity contribution in [3.63, 3.8) is 0 Å². The number of rotatable bonds is 4. The Morgan fingerprint density at radius 2 is 2.15 bits per heavy atom. The van der Waals surface area contributed by atoms with Crippen LogP contribution in [0.1, 0.15) is 24.1 Å². The van der Waals surface area contributed by atoms with Crippen LogP contribution in [-0.2, 0) is 4.79 Å². The van der Waals surface area contributed by atoms with Gasteiger partial charge in [-0.2, -0.15) is 0 Å². The molecule has 0 bridgehead atoms. The van der Waals surface area contributed by atoms with Crippen molar-refractivity contribution in [1.29, 1.82) is 0 Å². The fourth-order valence-corrected chi connectivity index (χ4v) is 0.950. The lowest BCUT2D eigenvalue weighted by molar-refractivity contribution is -0.118. The first-order valence-corrected chi connectivity index (χ1v) is 3.99. The summed E-state index contributed by atoms with van der Waals surface area (Å²) in [5.41, 5.74) is 4.93. The van der Waals surface area contributed by atoms with Gasteiger partial charge in [0.25, 0.3) is 0 Å². The normalized spacial score (nSPS) is 9.85. The summed E-state index contributed by atoms with van der Waals surface area (Å²) in [7, 11) is 0. The molecule has 1 aromatic rings. The number of hydrogen-bond acceptors (Lipinski definition) is 3. The minimum absolute atomic E-state index is 0.0706. The number of aromatic nitrogens is 2. The highest BCUT2D eigenvalue weighted by Gasteiger charge is 2.04. The Kier molecular flexibility index (Phi) is 3.19. The van der Waals surface area contributed by atoms with E-state index in [1.807, 2.05) is 0 Å². The zero-order valence-corrected chi connectivity index (χ0v) is 7.14. The van der Waals surface area contributed by atoms with Crippen LogP contribution in [-0.4, -0.2) is 21.4 Å². The number of nitrogens with two attached hydrogens (primary N) is 1. The van der Waals surface area contributed by atoms with Gasteiger partial charge in [-0.05, 0) is 6.42 Å². The zero-order valence-electron chi connectivity index (χ0n) is 7.14. The third kappa shape index (κ3) is 3.06. The lowest BCUT2D eigenvalue weighted by Crippen LogP contribution is -2.13. The van der Waals surface area contributed by atoms with Crippen LogP contribution in [0.5, 0.6) is 0 Å². The van der Waals surface area contributed by atoms with E-state index in [9.17, 15) is 9.59 Å². The SMILES string of the molecule is NC(=O)CCCC(=O)n1ccnc1. The Hall–Kier alpha value is -1.65. The standard InChI is InChI=1S/C8H11N3O2/c9-7(12)2-1-3-8(13)11-5-4-10-6-11/h4-6H,1-3H2,(H2,9,12). The van der Waals surface area contributed by atoms with Gasteiger partial charge in [0.15, 0.2) is 0 Å². The van der Waals surface area contributed by atoms with E-state index in [1.54, 1.807) is 6.20 Å². The van der Waals surface area contributed by atoms with E-state index < -0.39 is 0 Å². The average molecular weight is 181 g/mol. The van der Waals surface area contributed by atoms with Crippen molar-refractivity contribution in [1.82, 2.24) is 9.55 Å². The summed E-state index contributed by atoms with van der Waals surface area (Å²) in [6.07, 6.45) is 5.61. The van der Waals surface area contributed by atoms with Gasteiger partial charge < -0.3 is 5.73 Å². The van der Waals surface area contributed by atoms with Crippen molar-refractivity contribution in [3.05, 3.63) is 18.7 Å². The van der Waals surface area contributed by atoms with Crippen LogP contribution in [0.2, 0.25) is 0 Å². The molecule has 0 radical (unpaired) electrons. The molecule has 0 aliphatic carbocycles. The van der Waals surface area contributed by atoms with Gasteiger partial charge in [-0.25, -0.2) is 4.98 Å². The molecule has 1 amide bonds. The molecule has 1 aromatic heterocycles. The van der Waals surface area contributed by atoms with Crippen LogP contribution in [0.4, 0.5) is 0 Å². The molecule has 70 valence electrons. The lowest BCUT2D eigenvalue weighted by atomic mass is 10.2. The van der Waals surface area contributed by atoms with Crippen LogP contribution < -0.4 is 5.73 Å². The molecule has 1 rings (SSSR count). The van der Waals surface area contributed by atoms with Gasteiger partial charge in [0, 0.05) is 25.2 Å². The molecular weight excluding hydrogens is 170 g/mol. The van der Waals surface area contributed by atoms with Crippen molar-refractivity contribution in [2.75, 3.05) is 0 Å². The fourth-order valence-electron chi connectivity index (χ4n) is 0.950. The number of hydrogen-bond donors (Lipinski definition) is 1. The molecule has 5 heteroatoms. The van der Waals surface area contributed by atoms with Crippen molar-refractivity contribution < 1.29 is 9.59 Å². The second kappa shape index (κ2) is 4.39. The first-order valence-electron chi connectivity index (χ1n) is 3.99. The number of carbonyl (C=O) groups excluding carboxylic acids is 2. The van der Waals surface area contributed by atoms with E-state index in [0.717, 1.165) is 0 Å². The van der Waals surface area contributed by atoms with Gasteiger partial charge in [0.1, 0.15) is 6.33 Å². The van der Waals surface area contributed by atoms with E-state index in [2.05, 4.69) is 4.98 Å². The number of amides is 1. The highest BCUT2D eigenvalue weighted by Crippen LogP contribution is 1.98. The molecule has 0 aliphatic heterocycles. The first-order chi connectivity index (χ1) is 6.20. The molecule has 0 atom stereocenters. The van der Waals surface area contributed by atoms with Crippen molar-refractivity contribution >= 4 is 11.8 Å². The molecule has 0 spiro atoms. The Labute approximate surface area is 75.6 Å². The molecular formula is C8H11N3O2. The van der Waals surface area contributed by atoms with Crippen LogP contribution in [0, 0.1) is 0 Å². The van der Waals surface area contributed by atoms with Gasteiger partial charge in [0.2, 0.25) is 11.8 Å². The molecule has 13 heavy (non-hydrogen) atoms. The van der Waals surface area contributed by atoms with Crippen molar-refractivity contribution in [2.45, 2.75) is 19.3 Å². The van der Waals surface area contributed by atoms with Crippen LogP contribution in [0.15, 0.2) is 18.7 Å². The molecule has 0 saturated heterocycles. The zero-order chi connectivity index (χ0) is 9.68. The van der Waals surface area contributed by atoms with E-state index >= 15 is 0 Å². The molecule has 0 fully saturated rings. The summed E-state index contributed by atoms with van der Waals surface area (Å²) >= 11 is 0. The predicted molar refractivity (Wildman–Crippen MR) is 45.9 cm³/mol. The second-order valence-electron chi connectivity index (χ2n) is 2.68. The van der Waals surface area contributed by atoms with E-state index in [-0.39, 0.29) is 18.2 Å². The molecule has 0 unspecified atom stereocenters. The monoisotopic (exact) mass is 181 g/mol. The number of carbonyl (C=O) groups is 2. The van der Waals surface area contributed by atoms with E-state index in [4.69, 9.17) is 5.73 Å². The highest BCUT2D eigenvalue weighted by molar-refractivity contribution is 5.79. The summed E-state index contributed by atoms with van der Waals surface area (Å²) in [6, 6.07) is 0. The number of nitrogens with zero attached hydrogens (tertiary/aromatic N) is 2. The summed E-state index contributed by atoms with van der Waals surface area (Å²) in [5.74, 6) is -0.447. The third-order valence-corrected chi connectivity index (χ3v) is 1.61. The third-order valence-electron chi connectivity index (χ3n) is 1.61. The predicted octanol–water partition coefficient (Wildman–Crippen LogP) is 0.179. The van der Waals surface area contributed by atoms with Gasteiger partial charge in [-0.3, -0.25) is 14.2 Å². The number of imidazole rings is 1. The smallest absolute Gasteiger partial charge is 0.231 e. The highest BCUT2D eigenvalue weighted by atomic mass is 16.2. The first kappa shape index (κ1) is 9.44. The molecule has 5 nitrogen and oxygen atoms in total. The summed E-state index contributed by atoms with van der Waals surface area (Å²) in [4.78, 5) is 25.4. The Bertz CT molecular complexity index is 292. The maximum atomic E-state index is 11.3. The van der Waals surface area contributed by atoms with Gasteiger partial charge in [0.05, 0.1) is 0 Å². The lowest BCUT2D eigenvalue weighted by Gasteiger charge is -1.98. The molecule has 0 saturated carbocycles. The van der Waals surface area contributed by atoms with Gasteiger partial charge in [-0.15, -0.1) is 0 Å². The minimum atomic E-state index is -0.376. The topological polar surface area (TPSA) is 78.0 Å². The summed E-state index contributed by atoms with van der Waals surface area (Å²) in [5, 5.41) is 0. The van der Waals surface area contributed by atoms with Gasteiger partial charge in [-0.1, -0.05) is 0 Å².